The number of hydrogen-bond acceptors (Lipinski definition) is 7. The van der Waals surface area contributed by atoms with E-state index in [9.17, 15) is 0 Å². The van der Waals surface area contributed by atoms with Gasteiger partial charge in [0.05, 0.1) is 0 Å². The molecule has 0 radical (unpaired) electrons. The molecule has 1 saturated heterocycles. The van der Waals surface area contributed by atoms with Crippen molar-refractivity contribution in [2.75, 3.05) is 29.9 Å². The molecule has 7 nitrogen and oxygen atoms in total. The molecule has 2 fully saturated rings. The van der Waals surface area contributed by atoms with Crippen LogP contribution in [0.4, 0.5) is 11.8 Å². The third-order valence-electron chi connectivity index (χ3n) is 6.67. The molecule has 0 spiro atoms. The van der Waals surface area contributed by atoms with Gasteiger partial charge in [-0.15, -0.1) is 0 Å². The Morgan fingerprint density at radius 1 is 1.03 bits per heavy atom. The van der Waals surface area contributed by atoms with Crippen molar-refractivity contribution in [3.05, 3.63) is 59.4 Å². The molecule has 0 atom stereocenters. The Kier molecular flexibility index (Phi) is 7.65. The quantitative estimate of drug-likeness (QED) is 0.237. The molecule has 1 aliphatic heterocycles. The van der Waals surface area contributed by atoms with E-state index in [1.165, 1.54) is 43.0 Å². The van der Waals surface area contributed by atoms with E-state index < -0.39 is 0 Å². The summed E-state index contributed by atoms with van der Waals surface area (Å²) in [5, 5.41) is 9.39. The van der Waals surface area contributed by atoms with E-state index in [4.69, 9.17) is 33.8 Å². The van der Waals surface area contributed by atoms with Gasteiger partial charge >= 0.3 is 0 Å². The van der Waals surface area contributed by atoms with Crippen LogP contribution in [0.5, 0.6) is 0 Å². The molecule has 3 heterocycles. The van der Waals surface area contributed by atoms with E-state index in [1.54, 1.807) is 18.5 Å². The highest BCUT2D eigenvalue weighted by molar-refractivity contribution is 7.99. The molecule has 0 bridgehead atoms. The second kappa shape index (κ2) is 11.1. The number of hydrogen-bond donors (Lipinski definition) is 2. The van der Waals surface area contributed by atoms with Crippen molar-refractivity contribution in [3.8, 4) is 0 Å². The molecule has 3 aromatic rings. The number of thiocarbonyl (C=S) groups is 1. The SMILES string of the molecule is S=C(NCC1(c2cccc(Cl)c2)CCCC1)Nc1nc(Sc2ncccn2)cc(N2CCCC2)n1. The third kappa shape index (κ3) is 6.02. The van der Waals surface area contributed by atoms with Gasteiger partial charge in [0.15, 0.2) is 10.3 Å². The predicted molar refractivity (Wildman–Crippen MR) is 145 cm³/mol. The van der Waals surface area contributed by atoms with Crippen LogP contribution in [-0.2, 0) is 5.41 Å². The summed E-state index contributed by atoms with van der Waals surface area (Å²) in [6, 6.07) is 12.0. The summed E-state index contributed by atoms with van der Waals surface area (Å²) in [5.41, 5.74) is 1.30. The fraction of sp³-hybridized carbons (Fsp3) is 0.400. The lowest BCUT2D eigenvalue weighted by Gasteiger charge is -2.30. The first-order valence-electron chi connectivity index (χ1n) is 12.0. The fourth-order valence-electron chi connectivity index (χ4n) is 4.89. The molecule has 1 aliphatic carbocycles. The van der Waals surface area contributed by atoms with Crippen molar-refractivity contribution >= 4 is 52.5 Å². The van der Waals surface area contributed by atoms with Crippen LogP contribution < -0.4 is 15.5 Å². The topological polar surface area (TPSA) is 78.9 Å². The van der Waals surface area contributed by atoms with Crippen molar-refractivity contribution in [1.29, 1.82) is 0 Å². The van der Waals surface area contributed by atoms with Gasteiger partial charge in [-0.05, 0) is 73.4 Å². The zero-order valence-corrected chi connectivity index (χ0v) is 21.8. The Balaban J connectivity index is 1.31. The average molecular weight is 526 g/mol. The monoisotopic (exact) mass is 525 g/mol. The minimum atomic E-state index is 0.0283. The number of halogens is 1. The molecule has 1 saturated carbocycles. The highest BCUT2D eigenvalue weighted by Gasteiger charge is 2.35. The summed E-state index contributed by atoms with van der Waals surface area (Å²) < 4.78 is 0. The van der Waals surface area contributed by atoms with Crippen LogP contribution in [0.25, 0.3) is 0 Å². The van der Waals surface area contributed by atoms with Gasteiger partial charge in [0, 0.05) is 48.5 Å². The van der Waals surface area contributed by atoms with Gasteiger partial charge in [-0.1, -0.05) is 36.6 Å². The van der Waals surface area contributed by atoms with Crippen LogP contribution >= 0.6 is 35.6 Å². The van der Waals surface area contributed by atoms with E-state index in [2.05, 4.69) is 37.6 Å². The van der Waals surface area contributed by atoms with E-state index in [0.29, 0.717) is 16.2 Å². The molecule has 2 N–H and O–H groups in total. The number of benzene rings is 1. The maximum Gasteiger partial charge on any atom is 0.232 e. The predicted octanol–water partition coefficient (Wildman–Crippen LogP) is 5.47. The van der Waals surface area contributed by atoms with Crippen molar-refractivity contribution in [3.63, 3.8) is 0 Å². The summed E-state index contributed by atoms with van der Waals surface area (Å²) >= 11 is 13.4. The lowest BCUT2D eigenvalue weighted by atomic mass is 9.79. The van der Waals surface area contributed by atoms with Crippen molar-refractivity contribution in [2.45, 2.75) is 54.1 Å². The smallest absolute Gasteiger partial charge is 0.232 e. The van der Waals surface area contributed by atoms with Gasteiger partial charge in [-0.3, -0.25) is 0 Å². The molecular formula is C25H28ClN7S2. The summed E-state index contributed by atoms with van der Waals surface area (Å²) in [4.78, 5) is 20.4. The minimum absolute atomic E-state index is 0.0283. The van der Waals surface area contributed by atoms with E-state index in [0.717, 1.165) is 48.3 Å². The van der Waals surface area contributed by atoms with Crippen LogP contribution in [0.2, 0.25) is 5.02 Å². The zero-order valence-electron chi connectivity index (χ0n) is 19.4. The van der Waals surface area contributed by atoms with Gasteiger partial charge in [-0.2, -0.15) is 4.98 Å². The van der Waals surface area contributed by atoms with Gasteiger partial charge in [0.1, 0.15) is 10.8 Å². The Morgan fingerprint density at radius 3 is 2.54 bits per heavy atom. The first-order chi connectivity index (χ1) is 17.1. The van der Waals surface area contributed by atoms with Crippen LogP contribution in [0.1, 0.15) is 44.1 Å². The summed E-state index contributed by atoms with van der Waals surface area (Å²) in [6.07, 6.45) is 10.4. The van der Waals surface area contributed by atoms with Gasteiger partial charge in [-0.25, -0.2) is 15.0 Å². The molecule has 10 heteroatoms. The van der Waals surface area contributed by atoms with Crippen LogP contribution in [0.15, 0.2) is 59.0 Å². The molecule has 2 aromatic heterocycles. The zero-order chi connectivity index (χ0) is 24.1. The van der Waals surface area contributed by atoms with Gasteiger partial charge < -0.3 is 15.5 Å². The fourth-order valence-corrected chi connectivity index (χ4v) is 5.96. The lowest BCUT2D eigenvalue weighted by Crippen LogP contribution is -2.41. The third-order valence-corrected chi connectivity index (χ3v) is 7.96. The second-order valence-electron chi connectivity index (χ2n) is 9.02. The van der Waals surface area contributed by atoms with Gasteiger partial charge in [0.2, 0.25) is 5.95 Å². The Labute approximate surface area is 220 Å². The summed E-state index contributed by atoms with van der Waals surface area (Å²) in [6.45, 7) is 2.73. The largest absolute Gasteiger partial charge is 0.361 e. The first-order valence-corrected chi connectivity index (χ1v) is 13.6. The standard InChI is InChI=1S/C25H28ClN7S2/c26-19-8-5-7-18(15-19)25(9-1-2-10-25)17-29-23(34)32-22-30-20(33-13-3-4-14-33)16-21(31-22)35-24-27-11-6-12-28-24/h5-8,11-12,15-16H,1-4,9-10,13-14,17H2,(H2,29,30,31,32,34). The maximum absolute atomic E-state index is 6.31. The maximum atomic E-state index is 6.31. The number of anilines is 2. The average Bonchev–Trinajstić information content (AvgIpc) is 3.57. The van der Waals surface area contributed by atoms with Gasteiger partial charge in [0.25, 0.3) is 0 Å². The second-order valence-corrected chi connectivity index (χ2v) is 10.9. The number of nitrogens with one attached hydrogen (secondary N) is 2. The lowest BCUT2D eigenvalue weighted by molar-refractivity contribution is 0.435. The Bertz CT molecular complexity index is 1170. The molecular weight excluding hydrogens is 498 g/mol. The van der Waals surface area contributed by atoms with E-state index in [1.807, 2.05) is 18.2 Å². The molecule has 5 rings (SSSR count). The van der Waals surface area contributed by atoms with Crippen LogP contribution in [0, 0.1) is 0 Å². The number of nitrogens with zero attached hydrogens (tertiary/aromatic N) is 5. The normalized spacial score (nSPS) is 16.9. The van der Waals surface area contributed by atoms with Crippen LogP contribution in [0.3, 0.4) is 0 Å². The molecule has 182 valence electrons. The summed E-state index contributed by atoms with van der Waals surface area (Å²) in [5.74, 6) is 1.38. The van der Waals surface area contributed by atoms with Crippen molar-refractivity contribution in [1.82, 2.24) is 25.3 Å². The van der Waals surface area contributed by atoms with E-state index in [-0.39, 0.29) is 5.41 Å². The highest BCUT2D eigenvalue weighted by atomic mass is 35.5. The molecule has 2 aliphatic rings. The number of rotatable bonds is 7. The number of aromatic nitrogens is 4. The minimum Gasteiger partial charge on any atom is -0.361 e. The van der Waals surface area contributed by atoms with Crippen molar-refractivity contribution < 1.29 is 0 Å². The Morgan fingerprint density at radius 2 is 1.80 bits per heavy atom. The van der Waals surface area contributed by atoms with E-state index >= 15 is 0 Å². The van der Waals surface area contributed by atoms with Crippen molar-refractivity contribution in [2.24, 2.45) is 0 Å². The molecule has 1 aromatic carbocycles. The molecule has 0 amide bonds. The first kappa shape index (κ1) is 24.2. The molecule has 0 unspecified atom stereocenters. The highest BCUT2D eigenvalue weighted by Crippen LogP contribution is 2.41. The Hall–Kier alpha value is -2.49. The summed E-state index contributed by atoms with van der Waals surface area (Å²) in [7, 11) is 0. The van der Waals surface area contributed by atoms with Crippen LogP contribution in [-0.4, -0.2) is 44.7 Å². The molecule has 35 heavy (non-hydrogen) atoms.